The molecule has 0 aliphatic heterocycles. The summed E-state index contributed by atoms with van der Waals surface area (Å²) in [4.78, 5) is 23.0. The van der Waals surface area contributed by atoms with Crippen molar-refractivity contribution in [1.82, 2.24) is 5.32 Å². The second kappa shape index (κ2) is 7.33. The third kappa shape index (κ3) is 6.10. The number of carboxylic acid groups (broad SMARTS) is 1. The molecule has 1 unspecified atom stereocenters. The van der Waals surface area contributed by atoms with Crippen LogP contribution in [-0.2, 0) is 9.59 Å². The predicted molar refractivity (Wildman–Crippen MR) is 82.0 cm³/mol. The summed E-state index contributed by atoms with van der Waals surface area (Å²) in [7, 11) is 0. The smallest absolute Gasteiger partial charge is 0.312 e. The Balaban J connectivity index is 2.52. The van der Waals surface area contributed by atoms with E-state index in [-0.39, 0.29) is 17.2 Å². The zero-order valence-corrected chi connectivity index (χ0v) is 12.9. The molecular weight excluding hydrogens is 274 g/mol. The molecular formula is C15H21NO3S. The van der Waals surface area contributed by atoms with Crippen molar-refractivity contribution in [3.8, 4) is 0 Å². The molecule has 0 aromatic heterocycles. The van der Waals surface area contributed by atoms with Crippen molar-refractivity contribution < 1.29 is 14.7 Å². The van der Waals surface area contributed by atoms with Crippen molar-refractivity contribution in [2.45, 2.75) is 31.4 Å². The van der Waals surface area contributed by atoms with Crippen LogP contribution in [0.2, 0.25) is 0 Å². The molecule has 0 aliphatic rings. The predicted octanol–water partition coefficient (Wildman–Crippen LogP) is 2.50. The maximum absolute atomic E-state index is 11.7. The third-order valence-corrected chi connectivity index (χ3v) is 3.91. The molecule has 0 saturated carbocycles. The molecule has 1 rings (SSSR count). The van der Waals surface area contributed by atoms with Crippen LogP contribution < -0.4 is 5.32 Å². The zero-order valence-electron chi connectivity index (χ0n) is 12.1. The van der Waals surface area contributed by atoms with Crippen LogP contribution in [0, 0.1) is 0 Å². The Hall–Kier alpha value is -1.49. The van der Waals surface area contributed by atoms with Crippen LogP contribution in [0.25, 0.3) is 0 Å². The monoisotopic (exact) mass is 295 g/mol. The van der Waals surface area contributed by atoms with Crippen molar-refractivity contribution in [2.75, 3.05) is 12.3 Å². The molecule has 4 nitrogen and oxygen atoms in total. The quantitative estimate of drug-likeness (QED) is 0.846. The van der Waals surface area contributed by atoms with Crippen LogP contribution in [-0.4, -0.2) is 34.0 Å². The number of thioether (sulfide) groups is 1. The van der Waals surface area contributed by atoms with Gasteiger partial charge in [0.05, 0.1) is 11.7 Å². The highest BCUT2D eigenvalue weighted by atomic mass is 32.2. The molecule has 1 aromatic rings. The van der Waals surface area contributed by atoms with Gasteiger partial charge in [0.25, 0.3) is 0 Å². The van der Waals surface area contributed by atoms with Crippen LogP contribution in [0.1, 0.15) is 32.3 Å². The molecule has 5 heteroatoms. The summed E-state index contributed by atoms with van der Waals surface area (Å²) < 4.78 is 0.0168. The van der Waals surface area contributed by atoms with E-state index in [0.29, 0.717) is 11.3 Å². The number of carbonyl (C=O) groups is 2. The van der Waals surface area contributed by atoms with Gasteiger partial charge in [-0.15, -0.1) is 11.8 Å². The summed E-state index contributed by atoms with van der Waals surface area (Å²) in [6, 6.07) is 8.94. The maximum atomic E-state index is 11.7. The van der Waals surface area contributed by atoms with Crippen molar-refractivity contribution in [2.24, 2.45) is 0 Å². The Bertz CT molecular complexity index is 454. The molecule has 1 aromatic carbocycles. The normalized spacial score (nSPS) is 12.8. The molecule has 0 bridgehead atoms. The molecule has 110 valence electrons. The van der Waals surface area contributed by atoms with Gasteiger partial charge in [-0.2, -0.15) is 0 Å². The van der Waals surface area contributed by atoms with Gasteiger partial charge in [0.2, 0.25) is 5.91 Å². The third-order valence-electron chi connectivity index (χ3n) is 2.64. The van der Waals surface area contributed by atoms with Crippen LogP contribution in [0.5, 0.6) is 0 Å². The highest BCUT2D eigenvalue weighted by Crippen LogP contribution is 2.22. The van der Waals surface area contributed by atoms with Gasteiger partial charge in [-0.3, -0.25) is 9.59 Å². The minimum atomic E-state index is -0.931. The fourth-order valence-electron chi connectivity index (χ4n) is 1.58. The minimum Gasteiger partial charge on any atom is -0.481 e. The van der Waals surface area contributed by atoms with Crippen LogP contribution in [0.15, 0.2) is 30.3 Å². The Morgan fingerprint density at radius 3 is 2.35 bits per heavy atom. The Morgan fingerprint density at radius 1 is 1.25 bits per heavy atom. The highest BCUT2D eigenvalue weighted by molar-refractivity contribution is 8.01. The number of benzene rings is 1. The van der Waals surface area contributed by atoms with Gasteiger partial charge in [0.15, 0.2) is 0 Å². The Kier molecular flexibility index (Phi) is 6.07. The lowest BCUT2D eigenvalue weighted by Gasteiger charge is -2.18. The summed E-state index contributed by atoms with van der Waals surface area (Å²) in [6.45, 7) is 6.22. The van der Waals surface area contributed by atoms with E-state index in [1.807, 2.05) is 26.8 Å². The summed E-state index contributed by atoms with van der Waals surface area (Å²) >= 11 is 1.54. The molecule has 1 amide bonds. The number of aliphatic carboxylic acids is 1. The number of amides is 1. The lowest BCUT2D eigenvalue weighted by molar-refractivity contribution is -0.138. The van der Waals surface area contributed by atoms with Gasteiger partial charge in [0.1, 0.15) is 0 Å². The number of hydrogen-bond donors (Lipinski definition) is 2. The number of hydrogen-bond acceptors (Lipinski definition) is 3. The Labute approximate surface area is 124 Å². The average Bonchev–Trinajstić information content (AvgIpc) is 2.36. The summed E-state index contributed by atoms with van der Waals surface area (Å²) in [6.07, 6.45) is 0. The highest BCUT2D eigenvalue weighted by Gasteiger charge is 2.21. The first kappa shape index (κ1) is 16.6. The molecule has 2 N–H and O–H groups in total. The Morgan fingerprint density at radius 2 is 1.85 bits per heavy atom. The molecule has 1 atom stereocenters. The first-order valence-electron chi connectivity index (χ1n) is 6.48. The minimum absolute atomic E-state index is 0.0168. The van der Waals surface area contributed by atoms with E-state index in [0.717, 1.165) is 0 Å². The van der Waals surface area contributed by atoms with Crippen LogP contribution in [0.3, 0.4) is 0 Å². The number of nitrogens with one attached hydrogen (secondary N) is 1. The van der Waals surface area contributed by atoms with Crippen molar-refractivity contribution >= 4 is 23.6 Å². The van der Waals surface area contributed by atoms with Gasteiger partial charge in [-0.05, 0) is 5.56 Å². The van der Waals surface area contributed by atoms with E-state index in [1.165, 1.54) is 11.8 Å². The molecule has 0 heterocycles. The molecule has 0 radical (unpaired) electrons. The van der Waals surface area contributed by atoms with E-state index < -0.39 is 11.9 Å². The van der Waals surface area contributed by atoms with Gasteiger partial charge < -0.3 is 10.4 Å². The standard InChI is InChI=1S/C15H21NO3S/c1-15(2,3)20-10-13(17)16-9-12(14(18)19)11-7-5-4-6-8-11/h4-8,12H,9-10H2,1-3H3,(H,16,17)(H,18,19). The average molecular weight is 295 g/mol. The summed E-state index contributed by atoms with van der Waals surface area (Å²) in [5, 5.41) is 11.9. The zero-order chi connectivity index (χ0) is 15.2. The fraction of sp³-hybridized carbons (Fsp3) is 0.467. The number of rotatable bonds is 6. The van der Waals surface area contributed by atoms with Gasteiger partial charge in [-0.1, -0.05) is 51.1 Å². The van der Waals surface area contributed by atoms with E-state index in [4.69, 9.17) is 0 Å². The summed E-state index contributed by atoms with van der Waals surface area (Å²) in [5.41, 5.74) is 0.698. The topological polar surface area (TPSA) is 66.4 Å². The largest absolute Gasteiger partial charge is 0.481 e. The lowest BCUT2D eigenvalue weighted by atomic mass is 9.99. The number of carbonyl (C=O) groups excluding carboxylic acids is 1. The molecule has 20 heavy (non-hydrogen) atoms. The first-order valence-corrected chi connectivity index (χ1v) is 7.46. The fourth-order valence-corrected chi connectivity index (χ4v) is 2.25. The molecule has 0 spiro atoms. The molecule has 0 fully saturated rings. The van der Waals surface area contributed by atoms with Gasteiger partial charge >= 0.3 is 5.97 Å². The number of carboxylic acids is 1. The van der Waals surface area contributed by atoms with Crippen molar-refractivity contribution in [3.63, 3.8) is 0 Å². The molecule has 0 aliphatic carbocycles. The summed E-state index contributed by atoms with van der Waals surface area (Å²) in [5.74, 6) is -1.43. The van der Waals surface area contributed by atoms with Gasteiger partial charge in [-0.25, -0.2) is 0 Å². The second-order valence-corrected chi connectivity index (χ2v) is 7.31. The second-order valence-electron chi connectivity index (χ2n) is 5.51. The lowest BCUT2D eigenvalue weighted by Crippen LogP contribution is -2.33. The van der Waals surface area contributed by atoms with E-state index in [1.54, 1.807) is 24.3 Å². The van der Waals surface area contributed by atoms with E-state index >= 15 is 0 Å². The SMILES string of the molecule is CC(C)(C)SCC(=O)NCC(C(=O)O)c1ccccc1. The van der Waals surface area contributed by atoms with Crippen LogP contribution in [0.4, 0.5) is 0 Å². The van der Waals surface area contributed by atoms with Crippen LogP contribution >= 0.6 is 11.8 Å². The first-order chi connectivity index (χ1) is 9.29. The maximum Gasteiger partial charge on any atom is 0.312 e. The van der Waals surface area contributed by atoms with Crippen molar-refractivity contribution in [3.05, 3.63) is 35.9 Å². The van der Waals surface area contributed by atoms with Crippen molar-refractivity contribution in [1.29, 1.82) is 0 Å². The molecule has 0 saturated heterocycles. The van der Waals surface area contributed by atoms with Gasteiger partial charge in [0, 0.05) is 11.3 Å². The van der Waals surface area contributed by atoms with E-state index in [9.17, 15) is 14.7 Å². The van der Waals surface area contributed by atoms with E-state index in [2.05, 4.69) is 5.32 Å².